The molecule has 0 heterocycles. The van der Waals surface area contributed by atoms with Crippen LogP contribution in [0, 0.1) is 5.92 Å². The Labute approximate surface area is 200 Å². The summed E-state index contributed by atoms with van der Waals surface area (Å²) >= 11 is 3.70. The van der Waals surface area contributed by atoms with Crippen molar-refractivity contribution in [3.8, 4) is 0 Å². The van der Waals surface area contributed by atoms with Crippen LogP contribution >= 0.6 is 15.9 Å². The highest BCUT2D eigenvalue weighted by Crippen LogP contribution is 2.32. The lowest BCUT2D eigenvalue weighted by molar-refractivity contribution is 0.595. The fraction of sp³-hybridized carbons (Fsp3) is 0.161. The molecular formula is C31H29Br. The lowest BCUT2D eigenvalue weighted by Gasteiger charge is -2.19. The van der Waals surface area contributed by atoms with Crippen molar-refractivity contribution in [1.82, 2.24) is 0 Å². The molecule has 0 amide bonds. The molecule has 3 aromatic rings. The molecule has 0 saturated carbocycles. The third kappa shape index (κ3) is 5.87. The van der Waals surface area contributed by atoms with Crippen molar-refractivity contribution < 1.29 is 0 Å². The van der Waals surface area contributed by atoms with Crippen molar-refractivity contribution in [3.63, 3.8) is 0 Å². The number of allylic oxidation sites excluding steroid dienone is 7. The van der Waals surface area contributed by atoms with Crippen LogP contribution in [0.2, 0.25) is 0 Å². The molecule has 160 valence electrons. The minimum atomic E-state index is 0.540. The largest absolute Gasteiger partial charge is 0.0893 e. The summed E-state index contributed by atoms with van der Waals surface area (Å²) < 4.78 is 0. The first-order valence-corrected chi connectivity index (χ1v) is 12.2. The molecule has 32 heavy (non-hydrogen) atoms. The molecule has 0 fully saturated rings. The first-order chi connectivity index (χ1) is 15.7. The third-order valence-electron chi connectivity index (χ3n) is 5.80. The van der Waals surface area contributed by atoms with Crippen molar-refractivity contribution in [1.29, 1.82) is 0 Å². The van der Waals surface area contributed by atoms with E-state index < -0.39 is 0 Å². The summed E-state index contributed by atoms with van der Waals surface area (Å²) in [5.74, 6) is 0.602. The second-order valence-corrected chi connectivity index (χ2v) is 9.85. The van der Waals surface area contributed by atoms with Crippen LogP contribution < -0.4 is 0 Å². The van der Waals surface area contributed by atoms with Crippen LogP contribution in [0.25, 0.3) is 11.1 Å². The minimum Gasteiger partial charge on any atom is -0.0893 e. The monoisotopic (exact) mass is 480 g/mol. The first kappa shape index (κ1) is 22.3. The van der Waals surface area contributed by atoms with Crippen molar-refractivity contribution in [2.45, 2.75) is 24.6 Å². The van der Waals surface area contributed by atoms with E-state index in [9.17, 15) is 0 Å². The summed E-state index contributed by atoms with van der Waals surface area (Å²) in [7, 11) is 0. The Morgan fingerprint density at radius 2 is 1.25 bits per heavy atom. The molecule has 3 aromatic carbocycles. The zero-order valence-electron chi connectivity index (χ0n) is 18.5. The number of hydrogen-bond donors (Lipinski definition) is 0. The van der Waals surface area contributed by atoms with E-state index in [4.69, 9.17) is 0 Å². The standard InChI is InChI=1S/C31H29Br/c1-24(32)23-25-17-19-29(20-18-25)31(28-15-9-4-10-16-28)22-21-30(26-11-5-2-6-12-26)27-13-7-3-8-14-27/h2-17,19-22,24-25H,18,23H2,1H3/b31-22+. The SMILES string of the molecule is CC(Br)CC1C=CC(/C(=C/C=C(c2ccccc2)c2ccccc2)c2ccccc2)=CC1. The molecule has 1 aliphatic carbocycles. The second kappa shape index (κ2) is 11.1. The summed E-state index contributed by atoms with van der Waals surface area (Å²) in [6.07, 6.45) is 13.9. The number of rotatable bonds is 7. The fourth-order valence-electron chi connectivity index (χ4n) is 4.19. The molecule has 0 bridgehead atoms. The zero-order chi connectivity index (χ0) is 22.2. The quantitative estimate of drug-likeness (QED) is 0.234. The Balaban J connectivity index is 1.75. The molecule has 4 rings (SSSR count). The van der Waals surface area contributed by atoms with Crippen LogP contribution in [-0.4, -0.2) is 4.83 Å². The average Bonchev–Trinajstić information content (AvgIpc) is 2.84. The number of alkyl halides is 1. The second-order valence-electron chi connectivity index (χ2n) is 8.29. The molecule has 2 unspecified atom stereocenters. The van der Waals surface area contributed by atoms with E-state index in [0.29, 0.717) is 10.7 Å². The van der Waals surface area contributed by atoms with Gasteiger partial charge in [-0.1, -0.05) is 144 Å². The summed E-state index contributed by atoms with van der Waals surface area (Å²) in [5.41, 5.74) is 7.48. The molecule has 0 radical (unpaired) electrons. The molecule has 0 nitrogen and oxygen atoms in total. The van der Waals surface area contributed by atoms with E-state index in [1.165, 1.54) is 33.4 Å². The van der Waals surface area contributed by atoms with Crippen molar-refractivity contribution in [2.24, 2.45) is 5.92 Å². The minimum absolute atomic E-state index is 0.540. The Morgan fingerprint density at radius 1 is 0.781 bits per heavy atom. The van der Waals surface area contributed by atoms with Crippen LogP contribution in [0.4, 0.5) is 0 Å². The van der Waals surface area contributed by atoms with E-state index in [-0.39, 0.29) is 0 Å². The van der Waals surface area contributed by atoms with Gasteiger partial charge in [-0.05, 0) is 52.2 Å². The Kier molecular flexibility index (Phi) is 7.74. The smallest absolute Gasteiger partial charge is 0.0123 e. The van der Waals surface area contributed by atoms with Gasteiger partial charge >= 0.3 is 0 Å². The predicted molar refractivity (Wildman–Crippen MR) is 143 cm³/mol. The van der Waals surface area contributed by atoms with Crippen LogP contribution in [0.5, 0.6) is 0 Å². The van der Waals surface area contributed by atoms with Crippen molar-refractivity contribution in [3.05, 3.63) is 144 Å². The predicted octanol–water partition coefficient (Wildman–Crippen LogP) is 8.88. The molecule has 0 spiro atoms. The van der Waals surface area contributed by atoms with Crippen LogP contribution in [0.15, 0.2) is 127 Å². The van der Waals surface area contributed by atoms with Crippen molar-refractivity contribution in [2.75, 3.05) is 0 Å². The Morgan fingerprint density at radius 3 is 1.69 bits per heavy atom. The molecule has 1 heteroatoms. The van der Waals surface area contributed by atoms with E-state index in [1.807, 2.05) is 0 Å². The Bertz CT molecular complexity index is 1080. The maximum Gasteiger partial charge on any atom is 0.0123 e. The summed E-state index contributed by atoms with van der Waals surface area (Å²) in [5, 5.41) is 0. The van der Waals surface area contributed by atoms with Gasteiger partial charge in [-0.2, -0.15) is 0 Å². The molecule has 0 aromatic heterocycles. The molecule has 2 atom stereocenters. The van der Waals surface area contributed by atoms with Crippen molar-refractivity contribution >= 4 is 27.1 Å². The lowest BCUT2D eigenvalue weighted by atomic mass is 9.87. The van der Waals surface area contributed by atoms with Gasteiger partial charge in [-0.15, -0.1) is 0 Å². The van der Waals surface area contributed by atoms with E-state index >= 15 is 0 Å². The van der Waals surface area contributed by atoms with E-state index in [2.05, 4.69) is 144 Å². The van der Waals surface area contributed by atoms with Gasteiger partial charge in [0.15, 0.2) is 0 Å². The van der Waals surface area contributed by atoms with Gasteiger partial charge in [0.1, 0.15) is 0 Å². The maximum absolute atomic E-state index is 3.70. The van der Waals surface area contributed by atoms with Gasteiger partial charge in [-0.25, -0.2) is 0 Å². The van der Waals surface area contributed by atoms with Gasteiger partial charge in [-0.3, -0.25) is 0 Å². The average molecular weight is 481 g/mol. The number of benzene rings is 3. The van der Waals surface area contributed by atoms with Crippen LogP contribution in [0.1, 0.15) is 36.5 Å². The highest BCUT2D eigenvalue weighted by molar-refractivity contribution is 9.09. The first-order valence-electron chi connectivity index (χ1n) is 11.3. The highest BCUT2D eigenvalue weighted by Gasteiger charge is 2.14. The molecule has 0 N–H and O–H groups in total. The summed E-state index contributed by atoms with van der Waals surface area (Å²) in [6.45, 7) is 2.22. The Hall–Kier alpha value is -2.90. The lowest BCUT2D eigenvalue weighted by Crippen LogP contribution is -2.05. The van der Waals surface area contributed by atoms with Crippen LogP contribution in [-0.2, 0) is 0 Å². The van der Waals surface area contributed by atoms with Gasteiger partial charge in [0.25, 0.3) is 0 Å². The number of hydrogen-bond acceptors (Lipinski definition) is 0. The molecular weight excluding hydrogens is 452 g/mol. The topological polar surface area (TPSA) is 0 Å². The van der Waals surface area contributed by atoms with Gasteiger partial charge in [0, 0.05) is 4.83 Å². The molecule has 1 aliphatic rings. The summed E-state index contributed by atoms with van der Waals surface area (Å²) in [6, 6.07) is 32.0. The van der Waals surface area contributed by atoms with Crippen LogP contribution in [0.3, 0.4) is 0 Å². The van der Waals surface area contributed by atoms with E-state index in [0.717, 1.165) is 12.8 Å². The zero-order valence-corrected chi connectivity index (χ0v) is 20.1. The normalized spacial score (nSPS) is 16.9. The number of halogens is 1. The van der Waals surface area contributed by atoms with Gasteiger partial charge < -0.3 is 0 Å². The third-order valence-corrected chi connectivity index (χ3v) is 6.17. The highest BCUT2D eigenvalue weighted by atomic mass is 79.9. The maximum atomic E-state index is 3.70. The van der Waals surface area contributed by atoms with Gasteiger partial charge in [0.05, 0.1) is 0 Å². The molecule has 0 saturated heterocycles. The van der Waals surface area contributed by atoms with E-state index in [1.54, 1.807) is 0 Å². The summed E-state index contributed by atoms with van der Waals surface area (Å²) in [4.78, 5) is 0.540. The van der Waals surface area contributed by atoms with Gasteiger partial charge in [0.2, 0.25) is 0 Å². The molecule has 0 aliphatic heterocycles. The fourth-order valence-corrected chi connectivity index (χ4v) is 4.67.